The van der Waals surface area contributed by atoms with E-state index in [1.54, 1.807) is 42.5 Å². The minimum absolute atomic E-state index is 0.0178. The summed E-state index contributed by atoms with van der Waals surface area (Å²) in [5.74, 6) is 0.917. The first-order valence-corrected chi connectivity index (χ1v) is 10.7. The average Bonchev–Trinajstić information content (AvgIpc) is 3.40. The van der Waals surface area contributed by atoms with E-state index in [9.17, 15) is 15.2 Å². The number of pyridine rings is 1. The summed E-state index contributed by atoms with van der Waals surface area (Å²) in [6, 6.07) is 25.3. The lowest BCUT2D eigenvalue weighted by atomic mass is 9.98. The third-order valence-corrected chi connectivity index (χ3v) is 5.49. The molecule has 0 radical (unpaired) electrons. The second kappa shape index (κ2) is 9.24. The summed E-state index contributed by atoms with van der Waals surface area (Å²) in [7, 11) is 0. The maximum Gasteiger partial charge on any atom is 0.260 e. The van der Waals surface area contributed by atoms with Crippen molar-refractivity contribution in [3.8, 4) is 45.7 Å². The first-order chi connectivity index (χ1) is 16.6. The van der Waals surface area contributed by atoms with E-state index in [0.717, 1.165) is 5.56 Å². The molecule has 2 heterocycles. The molecule has 0 aliphatic carbocycles. The summed E-state index contributed by atoms with van der Waals surface area (Å²) >= 11 is 0. The molecule has 3 aromatic carbocycles. The Morgan fingerprint density at radius 1 is 0.912 bits per heavy atom. The van der Waals surface area contributed by atoms with E-state index < -0.39 is 11.8 Å². The molecule has 0 bridgehead atoms. The lowest BCUT2D eigenvalue weighted by Crippen LogP contribution is -2.12. The SMILES string of the molecule is N#Cc1c(-c2ccc(Oc3ccccc3)cc2)[nH]c(=O)c(-c2cccc(C3OCCO3)c2)c1O. The van der Waals surface area contributed by atoms with Crippen molar-refractivity contribution < 1.29 is 19.3 Å². The van der Waals surface area contributed by atoms with Crippen LogP contribution in [0.25, 0.3) is 22.4 Å². The Kier molecular flexibility index (Phi) is 5.83. The van der Waals surface area contributed by atoms with Crippen LogP contribution in [0.4, 0.5) is 0 Å². The topological polar surface area (TPSA) is 105 Å². The van der Waals surface area contributed by atoms with Crippen LogP contribution in [0.5, 0.6) is 17.2 Å². The smallest absolute Gasteiger partial charge is 0.260 e. The molecule has 1 saturated heterocycles. The normalized spacial score (nSPS) is 13.5. The van der Waals surface area contributed by atoms with Crippen LogP contribution >= 0.6 is 0 Å². The summed E-state index contributed by atoms with van der Waals surface area (Å²) in [5.41, 5.74) is 1.47. The fourth-order valence-corrected chi connectivity index (χ4v) is 3.89. The van der Waals surface area contributed by atoms with Crippen molar-refractivity contribution in [2.45, 2.75) is 6.29 Å². The van der Waals surface area contributed by atoms with E-state index in [-0.39, 0.29) is 22.6 Å². The molecule has 0 atom stereocenters. The van der Waals surface area contributed by atoms with Gasteiger partial charge in [0.15, 0.2) is 6.29 Å². The van der Waals surface area contributed by atoms with Crippen LogP contribution in [0.1, 0.15) is 17.4 Å². The van der Waals surface area contributed by atoms with Crippen molar-refractivity contribution in [2.24, 2.45) is 0 Å². The zero-order valence-corrected chi connectivity index (χ0v) is 18.0. The fourth-order valence-electron chi connectivity index (χ4n) is 3.89. The predicted molar refractivity (Wildman–Crippen MR) is 125 cm³/mol. The van der Waals surface area contributed by atoms with Gasteiger partial charge in [-0.3, -0.25) is 4.79 Å². The Bertz CT molecular complexity index is 1420. The molecule has 1 aliphatic rings. The van der Waals surface area contributed by atoms with Gasteiger partial charge in [-0.1, -0.05) is 36.4 Å². The summed E-state index contributed by atoms with van der Waals surface area (Å²) in [6.45, 7) is 0.979. The van der Waals surface area contributed by atoms with Crippen molar-refractivity contribution in [1.29, 1.82) is 5.26 Å². The Labute approximate surface area is 195 Å². The van der Waals surface area contributed by atoms with E-state index >= 15 is 0 Å². The van der Waals surface area contributed by atoms with Crippen LogP contribution in [-0.4, -0.2) is 23.3 Å². The number of aromatic nitrogens is 1. The first-order valence-electron chi connectivity index (χ1n) is 10.7. The fraction of sp³-hybridized carbons (Fsp3) is 0.111. The Hall–Kier alpha value is -4.38. The summed E-state index contributed by atoms with van der Waals surface area (Å²) < 4.78 is 16.8. The van der Waals surface area contributed by atoms with Crippen molar-refractivity contribution in [2.75, 3.05) is 13.2 Å². The van der Waals surface area contributed by atoms with E-state index in [2.05, 4.69) is 4.98 Å². The summed E-state index contributed by atoms with van der Waals surface area (Å²) in [6.07, 6.45) is -0.521. The van der Waals surface area contributed by atoms with Gasteiger partial charge in [-0.15, -0.1) is 0 Å². The third kappa shape index (κ3) is 4.16. The minimum Gasteiger partial charge on any atom is -0.506 e. The monoisotopic (exact) mass is 452 g/mol. The zero-order valence-electron chi connectivity index (χ0n) is 18.0. The van der Waals surface area contributed by atoms with Crippen LogP contribution in [0.3, 0.4) is 0 Å². The van der Waals surface area contributed by atoms with Gasteiger partial charge >= 0.3 is 0 Å². The van der Waals surface area contributed by atoms with Crippen LogP contribution in [0.2, 0.25) is 0 Å². The number of ether oxygens (including phenoxy) is 3. The maximum absolute atomic E-state index is 13.0. The molecular formula is C27H20N2O5. The molecular weight excluding hydrogens is 432 g/mol. The Morgan fingerprint density at radius 2 is 1.62 bits per heavy atom. The molecule has 7 heteroatoms. The lowest BCUT2D eigenvalue weighted by molar-refractivity contribution is -0.0440. The van der Waals surface area contributed by atoms with Gasteiger partial charge in [-0.2, -0.15) is 5.26 Å². The highest BCUT2D eigenvalue weighted by molar-refractivity contribution is 5.79. The van der Waals surface area contributed by atoms with Crippen molar-refractivity contribution in [1.82, 2.24) is 4.98 Å². The molecule has 1 fully saturated rings. The number of benzene rings is 3. The van der Waals surface area contributed by atoms with Gasteiger partial charge < -0.3 is 24.3 Å². The van der Waals surface area contributed by atoms with Gasteiger partial charge in [0.25, 0.3) is 5.56 Å². The van der Waals surface area contributed by atoms with Crippen LogP contribution in [0.15, 0.2) is 83.7 Å². The molecule has 0 spiro atoms. The van der Waals surface area contributed by atoms with Gasteiger partial charge in [0.05, 0.1) is 24.5 Å². The molecule has 0 unspecified atom stereocenters. The van der Waals surface area contributed by atoms with Gasteiger partial charge in [0, 0.05) is 5.56 Å². The number of nitrogens with zero attached hydrogens (tertiary/aromatic N) is 1. The molecule has 168 valence electrons. The van der Waals surface area contributed by atoms with Gasteiger partial charge in [-0.05, 0) is 53.6 Å². The highest BCUT2D eigenvalue weighted by Gasteiger charge is 2.22. The second-order valence-corrected chi connectivity index (χ2v) is 7.68. The average molecular weight is 452 g/mol. The van der Waals surface area contributed by atoms with Gasteiger partial charge in [-0.25, -0.2) is 0 Å². The number of para-hydroxylation sites is 1. The maximum atomic E-state index is 13.0. The van der Waals surface area contributed by atoms with Gasteiger partial charge in [0.1, 0.15) is 28.9 Å². The second-order valence-electron chi connectivity index (χ2n) is 7.68. The molecule has 1 aromatic heterocycles. The van der Waals surface area contributed by atoms with Crippen molar-refractivity contribution >= 4 is 0 Å². The standard InChI is InChI=1S/C27H20N2O5/c28-16-22-24(17-9-11-21(12-10-17)34-20-7-2-1-3-8-20)29-26(31)23(25(22)30)18-5-4-6-19(15-18)27-32-13-14-33-27/h1-12,15,27H,13-14H2,(H2,29,30,31). The number of H-pyrrole nitrogens is 1. The number of aromatic amines is 1. The number of hydrogen-bond donors (Lipinski definition) is 2. The molecule has 34 heavy (non-hydrogen) atoms. The van der Waals surface area contributed by atoms with E-state index in [0.29, 0.717) is 35.8 Å². The largest absolute Gasteiger partial charge is 0.506 e. The highest BCUT2D eigenvalue weighted by Crippen LogP contribution is 2.36. The number of nitrogens with one attached hydrogen (secondary N) is 1. The molecule has 0 amide bonds. The Morgan fingerprint density at radius 3 is 2.32 bits per heavy atom. The predicted octanol–water partition coefficient (Wildman–Crippen LogP) is 5.12. The van der Waals surface area contributed by atoms with Crippen molar-refractivity contribution in [3.63, 3.8) is 0 Å². The van der Waals surface area contributed by atoms with Gasteiger partial charge in [0.2, 0.25) is 0 Å². The van der Waals surface area contributed by atoms with Crippen LogP contribution in [-0.2, 0) is 9.47 Å². The first kappa shape index (κ1) is 21.5. The summed E-state index contributed by atoms with van der Waals surface area (Å²) in [4.78, 5) is 15.8. The molecule has 2 N–H and O–H groups in total. The molecule has 1 aliphatic heterocycles. The number of aromatic hydroxyl groups is 1. The quantitative estimate of drug-likeness (QED) is 0.435. The number of nitriles is 1. The number of hydrogen-bond acceptors (Lipinski definition) is 6. The molecule has 5 rings (SSSR count). The minimum atomic E-state index is -0.521. The molecule has 7 nitrogen and oxygen atoms in total. The van der Waals surface area contributed by atoms with Crippen LogP contribution < -0.4 is 10.3 Å². The molecule has 0 saturated carbocycles. The molecule has 4 aromatic rings. The van der Waals surface area contributed by atoms with E-state index in [1.165, 1.54) is 0 Å². The highest BCUT2D eigenvalue weighted by atomic mass is 16.7. The zero-order chi connectivity index (χ0) is 23.5. The Balaban J connectivity index is 1.50. The number of rotatable bonds is 5. The lowest BCUT2D eigenvalue weighted by Gasteiger charge is -2.13. The summed E-state index contributed by atoms with van der Waals surface area (Å²) in [5, 5.41) is 20.7. The van der Waals surface area contributed by atoms with Crippen LogP contribution in [0, 0.1) is 11.3 Å². The van der Waals surface area contributed by atoms with E-state index in [1.807, 2.05) is 42.5 Å². The van der Waals surface area contributed by atoms with Crippen molar-refractivity contribution in [3.05, 3.63) is 100 Å². The third-order valence-electron chi connectivity index (χ3n) is 5.49. The van der Waals surface area contributed by atoms with E-state index in [4.69, 9.17) is 14.2 Å².